The van der Waals surface area contributed by atoms with Crippen molar-refractivity contribution in [1.29, 1.82) is 0 Å². The zero-order valence-electron chi connectivity index (χ0n) is 12.8. The summed E-state index contributed by atoms with van der Waals surface area (Å²) in [6.45, 7) is 0. The van der Waals surface area contributed by atoms with Gasteiger partial charge in [0.15, 0.2) is 5.69 Å². The molecule has 0 fully saturated rings. The minimum absolute atomic E-state index is 0.00538. The van der Waals surface area contributed by atoms with Gasteiger partial charge in [0.25, 0.3) is 0 Å². The summed E-state index contributed by atoms with van der Waals surface area (Å²) >= 11 is 0. The average molecular weight is 362 g/mol. The first kappa shape index (κ1) is 17.3. The van der Waals surface area contributed by atoms with Crippen LogP contribution in [-0.4, -0.2) is 32.1 Å². The predicted molar refractivity (Wildman–Crippen MR) is 83.9 cm³/mol. The summed E-state index contributed by atoms with van der Waals surface area (Å²) in [6.07, 6.45) is -4.59. The smallest absolute Gasteiger partial charge is 0.416 e. The third kappa shape index (κ3) is 3.18. The van der Waals surface area contributed by atoms with Crippen LogP contribution < -0.4 is 0 Å². The van der Waals surface area contributed by atoms with Crippen LogP contribution in [0.25, 0.3) is 22.3 Å². The molecule has 132 valence electrons. The number of hydrogen-bond donors (Lipinski definition) is 2. The van der Waals surface area contributed by atoms with Crippen LogP contribution in [-0.2, 0) is 6.18 Å². The van der Waals surface area contributed by atoms with E-state index in [1.807, 2.05) is 0 Å². The van der Waals surface area contributed by atoms with Crippen molar-refractivity contribution in [2.45, 2.75) is 6.18 Å². The second kappa shape index (κ2) is 6.10. The van der Waals surface area contributed by atoms with Gasteiger partial charge in [-0.05, 0) is 30.3 Å². The lowest BCUT2D eigenvalue weighted by Gasteiger charge is -2.10. The van der Waals surface area contributed by atoms with E-state index in [0.29, 0.717) is 0 Å². The number of carboxylic acid groups (broad SMARTS) is 2. The van der Waals surface area contributed by atoms with Crippen LogP contribution in [0.2, 0.25) is 0 Å². The summed E-state index contributed by atoms with van der Waals surface area (Å²) in [4.78, 5) is 30.3. The molecule has 0 atom stereocenters. The maximum Gasteiger partial charge on any atom is 0.416 e. The Bertz CT molecular complexity index is 1030. The maximum absolute atomic E-state index is 12.8. The van der Waals surface area contributed by atoms with Crippen molar-refractivity contribution in [2.24, 2.45) is 0 Å². The fourth-order valence-electron chi connectivity index (χ4n) is 2.35. The zero-order chi connectivity index (χ0) is 19.1. The van der Waals surface area contributed by atoms with Crippen LogP contribution in [0.4, 0.5) is 13.2 Å². The fourth-order valence-corrected chi connectivity index (χ4v) is 2.35. The molecule has 0 bridgehead atoms. The number of aromatic nitrogens is 2. The van der Waals surface area contributed by atoms with E-state index in [-0.39, 0.29) is 27.9 Å². The van der Waals surface area contributed by atoms with Crippen LogP contribution >= 0.6 is 0 Å². The molecule has 26 heavy (non-hydrogen) atoms. The van der Waals surface area contributed by atoms with Crippen molar-refractivity contribution in [3.8, 4) is 11.3 Å². The standard InChI is InChI=1S/C17H9F3N2O4/c18-17(19,20)10-5-6-11-12(7-10)22-14(16(25)26)13(21-11)8-1-3-9(4-2-8)15(23)24/h1-7H,(H,23,24)(H,25,26). The largest absolute Gasteiger partial charge is 0.478 e. The number of rotatable bonds is 3. The first-order valence-corrected chi connectivity index (χ1v) is 7.13. The average Bonchev–Trinajstić information content (AvgIpc) is 2.59. The summed E-state index contributed by atoms with van der Waals surface area (Å²) in [5.41, 5.74) is -1.41. The Labute approximate surface area is 143 Å². The molecule has 3 rings (SSSR count). The van der Waals surface area contributed by atoms with Crippen molar-refractivity contribution in [2.75, 3.05) is 0 Å². The van der Waals surface area contributed by atoms with Crippen molar-refractivity contribution in [3.63, 3.8) is 0 Å². The molecule has 2 aromatic carbocycles. The lowest BCUT2D eigenvalue weighted by Crippen LogP contribution is -2.08. The molecule has 0 spiro atoms. The number of benzene rings is 2. The van der Waals surface area contributed by atoms with Crippen LogP contribution in [0.1, 0.15) is 26.4 Å². The summed E-state index contributed by atoms with van der Waals surface area (Å²) in [5.74, 6) is -2.62. The number of hydrogen-bond acceptors (Lipinski definition) is 4. The van der Waals surface area contributed by atoms with E-state index in [9.17, 15) is 27.9 Å². The van der Waals surface area contributed by atoms with E-state index in [1.54, 1.807) is 0 Å². The quantitative estimate of drug-likeness (QED) is 0.737. The Balaban J connectivity index is 2.20. The Kier molecular flexibility index (Phi) is 4.07. The summed E-state index contributed by atoms with van der Waals surface area (Å²) < 4.78 is 38.4. The van der Waals surface area contributed by atoms with Crippen LogP contribution in [0.3, 0.4) is 0 Å². The Hall–Kier alpha value is -3.49. The topological polar surface area (TPSA) is 100 Å². The highest BCUT2D eigenvalue weighted by atomic mass is 19.4. The minimum Gasteiger partial charge on any atom is -0.478 e. The molecule has 1 aromatic heterocycles. The highest BCUT2D eigenvalue weighted by molar-refractivity contribution is 5.96. The van der Waals surface area contributed by atoms with Gasteiger partial charge >= 0.3 is 18.1 Å². The molecular weight excluding hydrogens is 353 g/mol. The first-order chi connectivity index (χ1) is 12.2. The van der Waals surface area contributed by atoms with Gasteiger partial charge in [0, 0.05) is 5.56 Å². The number of carbonyl (C=O) groups is 2. The number of aromatic carboxylic acids is 2. The highest BCUT2D eigenvalue weighted by Gasteiger charge is 2.31. The molecular formula is C17H9F3N2O4. The SMILES string of the molecule is O=C(O)c1ccc(-c2nc3ccc(C(F)(F)F)cc3nc2C(=O)O)cc1. The van der Waals surface area contributed by atoms with Crippen molar-refractivity contribution >= 4 is 23.0 Å². The van der Waals surface area contributed by atoms with E-state index >= 15 is 0 Å². The molecule has 6 nitrogen and oxygen atoms in total. The molecule has 0 aliphatic rings. The van der Waals surface area contributed by atoms with Gasteiger partial charge in [-0.3, -0.25) is 0 Å². The first-order valence-electron chi connectivity index (χ1n) is 7.13. The minimum atomic E-state index is -4.59. The van der Waals surface area contributed by atoms with Crippen LogP contribution in [0.5, 0.6) is 0 Å². The van der Waals surface area contributed by atoms with Gasteiger partial charge in [-0.1, -0.05) is 12.1 Å². The summed E-state index contributed by atoms with van der Waals surface area (Å²) in [7, 11) is 0. The van der Waals surface area contributed by atoms with Gasteiger partial charge in [-0.15, -0.1) is 0 Å². The number of nitrogens with zero attached hydrogens (tertiary/aromatic N) is 2. The van der Waals surface area contributed by atoms with Gasteiger partial charge in [0.2, 0.25) is 0 Å². The maximum atomic E-state index is 12.8. The lowest BCUT2D eigenvalue weighted by molar-refractivity contribution is -0.137. The molecule has 9 heteroatoms. The number of alkyl halides is 3. The van der Waals surface area contributed by atoms with E-state index in [2.05, 4.69) is 9.97 Å². The highest BCUT2D eigenvalue weighted by Crippen LogP contribution is 2.32. The second-order valence-electron chi connectivity index (χ2n) is 5.31. The molecule has 0 aliphatic carbocycles. The molecule has 0 aliphatic heterocycles. The molecule has 1 heterocycles. The van der Waals surface area contributed by atoms with Crippen molar-refractivity contribution < 1.29 is 33.0 Å². The molecule has 0 saturated carbocycles. The Morgan fingerprint density at radius 3 is 2.04 bits per heavy atom. The van der Waals surface area contributed by atoms with Gasteiger partial charge in [-0.2, -0.15) is 13.2 Å². The molecule has 0 unspecified atom stereocenters. The fraction of sp³-hybridized carbons (Fsp3) is 0.0588. The summed E-state index contributed by atoms with van der Waals surface area (Å²) in [6, 6.07) is 7.91. The zero-order valence-corrected chi connectivity index (χ0v) is 12.8. The van der Waals surface area contributed by atoms with Gasteiger partial charge in [0.1, 0.15) is 5.69 Å². The molecule has 0 radical (unpaired) electrons. The van der Waals surface area contributed by atoms with E-state index < -0.39 is 29.4 Å². The van der Waals surface area contributed by atoms with Crippen LogP contribution in [0.15, 0.2) is 42.5 Å². The number of halogens is 3. The molecule has 0 saturated heterocycles. The molecule has 0 amide bonds. The van der Waals surface area contributed by atoms with Gasteiger partial charge in [-0.25, -0.2) is 19.6 Å². The lowest BCUT2D eigenvalue weighted by atomic mass is 10.1. The Morgan fingerprint density at radius 2 is 1.50 bits per heavy atom. The van der Waals surface area contributed by atoms with Crippen molar-refractivity contribution in [3.05, 3.63) is 59.3 Å². The van der Waals surface area contributed by atoms with E-state index in [4.69, 9.17) is 5.11 Å². The summed E-state index contributed by atoms with van der Waals surface area (Å²) in [5, 5.41) is 18.2. The second-order valence-corrected chi connectivity index (χ2v) is 5.31. The molecule has 2 N–H and O–H groups in total. The van der Waals surface area contributed by atoms with Crippen LogP contribution in [0, 0.1) is 0 Å². The van der Waals surface area contributed by atoms with Gasteiger partial charge in [0.05, 0.1) is 22.2 Å². The molecule has 3 aromatic rings. The third-order valence-corrected chi connectivity index (χ3v) is 3.60. The van der Waals surface area contributed by atoms with E-state index in [0.717, 1.165) is 18.2 Å². The number of fused-ring (bicyclic) bond motifs is 1. The van der Waals surface area contributed by atoms with Gasteiger partial charge < -0.3 is 10.2 Å². The van der Waals surface area contributed by atoms with Crippen molar-refractivity contribution in [1.82, 2.24) is 9.97 Å². The van der Waals surface area contributed by atoms with E-state index in [1.165, 1.54) is 24.3 Å². The number of carboxylic acids is 2. The Morgan fingerprint density at radius 1 is 0.846 bits per heavy atom. The predicted octanol–water partition coefficient (Wildman–Crippen LogP) is 3.71. The third-order valence-electron chi connectivity index (χ3n) is 3.60. The monoisotopic (exact) mass is 362 g/mol. The normalized spacial score (nSPS) is 11.5.